The third-order valence-electron chi connectivity index (χ3n) is 3.03. The van der Waals surface area contributed by atoms with E-state index in [-0.39, 0.29) is 30.2 Å². The molecule has 1 fully saturated rings. The molecule has 1 aliphatic rings. The first-order chi connectivity index (χ1) is 8.47. The van der Waals surface area contributed by atoms with E-state index >= 15 is 0 Å². The summed E-state index contributed by atoms with van der Waals surface area (Å²) in [6.45, 7) is 6.13. The Labute approximate surface area is 105 Å². The summed E-state index contributed by atoms with van der Waals surface area (Å²) in [6, 6.07) is 1.78. The Balaban J connectivity index is 1.97. The number of nitrogens with zero attached hydrogens (tertiary/aromatic N) is 2. The Morgan fingerprint density at radius 3 is 2.83 bits per heavy atom. The van der Waals surface area contributed by atoms with Crippen LogP contribution in [0.5, 0.6) is 0 Å². The van der Waals surface area contributed by atoms with E-state index in [1.165, 1.54) is 0 Å². The minimum absolute atomic E-state index is 0.0268. The number of rotatable bonds is 3. The summed E-state index contributed by atoms with van der Waals surface area (Å²) in [6.07, 6.45) is 0.261. The lowest BCUT2D eigenvalue weighted by atomic mass is 10.1. The van der Waals surface area contributed by atoms with Crippen LogP contribution < -0.4 is 5.32 Å². The van der Waals surface area contributed by atoms with Gasteiger partial charge >= 0.3 is 0 Å². The molecule has 1 atom stereocenters. The van der Waals surface area contributed by atoms with Crippen molar-refractivity contribution in [3.63, 3.8) is 0 Å². The second-order valence-corrected chi connectivity index (χ2v) is 4.86. The third-order valence-corrected chi connectivity index (χ3v) is 3.03. The number of anilines is 1. The van der Waals surface area contributed by atoms with Gasteiger partial charge in [0.2, 0.25) is 17.7 Å². The Kier molecular flexibility index (Phi) is 3.36. The van der Waals surface area contributed by atoms with Crippen LogP contribution in [0.15, 0.2) is 10.6 Å². The zero-order valence-corrected chi connectivity index (χ0v) is 10.8. The lowest BCUT2D eigenvalue weighted by molar-refractivity contribution is -0.129. The van der Waals surface area contributed by atoms with Gasteiger partial charge in [0.25, 0.3) is 0 Å². The first kappa shape index (κ1) is 12.6. The molecule has 1 saturated heterocycles. The van der Waals surface area contributed by atoms with E-state index in [4.69, 9.17) is 4.52 Å². The predicted octanol–water partition coefficient (Wildman–Crippen LogP) is 1.18. The van der Waals surface area contributed by atoms with Gasteiger partial charge in [-0.1, -0.05) is 5.16 Å². The molecule has 6 nitrogen and oxygen atoms in total. The number of nitrogens with one attached hydrogen (secondary N) is 1. The molecule has 2 amide bonds. The first-order valence-electron chi connectivity index (χ1n) is 6.01. The van der Waals surface area contributed by atoms with Crippen LogP contribution in [0.3, 0.4) is 0 Å². The van der Waals surface area contributed by atoms with Crippen LogP contribution in [-0.4, -0.2) is 34.5 Å². The van der Waals surface area contributed by atoms with Gasteiger partial charge < -0.3 is 9.42 Å². The maximum Gasteiger partial charge on any atom is 0.232 e. The summed E-state index contributed by atoms with van der Waals surface area (Å²) in [5, 5.41) is 6.33. The molecule has 6 heteroatoms. The molecule has 1 aromatic heterocycles. The van der Waals surface area contributed by atoms with Gasteiger partial charge in [-0.25, -0.2) is 0 Å². The Hall–Kier alpha value is -1.85. The smallest absolute Gasteiger partial charge is 0.232 e. The second kappa shape index (κ2) is 4.80. The molecule has 2 rings (SSSR count). The minimum atomic E-state index is -0.315. The first-order valence-corrected chi connectivity index (χ1v) is 6.01. The number of hydrogen-bond donors (Lipinski definition) is 1. The van der Waals surface area contributed by atoms with Crippen molar-refractivity contribution in [2.75, 3.05) is 11.9 Å². The van der Waals surface area contributed by atoms with Crippen molar-refractivity contribution < 1.29 is 14.1 Å². The Bertz CT molecular complexity index is 467. The normalized spacial score (nSPS) is 19.7. The summed E-state index contributed by atoms with van der Waals surface area (Å²) in [5.41, 5.74) is 0.705. The zero-order chi connectivity index (χ0) is 13.3. The number of amides is 2. The monoisotopic (exact) mass is 251 g/mol. The summed E-state index contributed by atoms with van der Waals surface area (Å²) in [5.74, 6) is -0.153. The molecule has 0 bridgehead atoms. The molecule has 0 aromatic carbocycles. The van der Waals surface area contributed by atoms with E-state index in [1.807, 2.05) is 13.8 Å². The van der Waals surface area contributed by atoms with Gasteiger partial charge in [0.1, 0.15) is 0 Å². The molecule has 1 unspecified atom stereocenters. The highest BCUT2D eigenvalue weighted by molar-refractivity contribution is 5.96. The molecule has 1 N–H and O–H groups in total. The molecule has 0 saturated carbocycles. The van der Waals surface area contributed by atoms with Crippen molar-refractivity contribution in [3.8, 4) is 0 Å². The van der Waals surface area contributed by atoms with Gasteiger partial charge in [-0.2, -0.15) is 0 Å². The van der Waals surface area contributed by atoms with Crippen LogP contribution >= 0.6 is 0 Å². The Morgan fingerprint density at radius 2 is 2.33 bits per heavy atom. The largest absolute Gasteiger partial charge is 0.339 e. The van der Waals surface area contributed by atoms with Crippen LogP contribution in [0.2, 0.25) is 0 Å². The van der Waals surface area contributed by atoms with Gasteiger partial charge in [-0.15, -0.1) is 0 Å². The Morgan fingerprint density at radius 1 is 1.61 bits per heavy atom. The maximum atomic E-state index is 12.0. The highest BCUT2D eigenvalue weighted by atomic mass is 16.5. The number of hydrogen-bond acceptors (Lipinski definition) is 4. The quantitative estimate of drug-likeness (QED) is 0.875. The highest BCUT2D eigenvalue weighted by Crippen LogP contribution is 2.21. The van der Waals surface area contributed by atoms with E-state index in [0.29, 0.717) is 18.1 Å². The van der Waals surface area contributed by atoms with Crippen LogP contribution in [0.25, 0.3) is 0 Å². The summed E-state index contributed by atoms with van der Waals surface area (Å²) >= 11 is 0. The average Bonchev–Trinajstić information content (AvgIpc) is 2.85. The fourth-order valence-electron chi connectivity index (χ4n) is 2.05. The molecule has 0 radical (unpaired) electrons. The van der Waals surface area contributed by atoms with E-state index in [2.05, 4.69) is 10.5 Å². The number of likely N-dealkylation sites (tertiary alicyclic amines) is 1. The fraction of sp³-hybridized carbons (Fsp3) is 0.583. The molecule has 18 heavy (non-hydrogen) atoms. The topological polar surface area (TPSA) is 75.4 Å². The van der Waals surface area contributed by atoms with Crippen LogP contribution in [0.4, 0.5) is 5.88 Å². The molecular formula is C12H17N3O3. The molecule has 1 aliphatic heterocycles. The van der Waals surface area contributed by atoms with Crippen molar-refractivity contribution in [2.45, 2.75) is 33.2 Å². The van der Waals surface area contributed by atoms with Gasteiger partial charge in [-0.3, -0.25) is 14.9 Å². The van der Waals surface area contributed by atoms with Gasteiger partial charge in [0, 0.05) is 25.1 Å². The maximum absolute atomic E-state index is 12.0. The lowest BCUT2D eigenvalue weighted by Crippen LogP contribution is -2.33. The van der Waals surface area contributed by atoms with E-state index in [9.17, 15) is 9.59 Å². The summed E-state index contributed by atoms with van der Waals surface area (Å²) in [7, 11) is 0. The minimum Gasteiger partial charge on any atom is -0.339 e. The SMILES string of the molecule is Cc1cc(NC(=O)C2CC(=O)N(C(C)C)C2)on1. The van der Waals surface area contributed by atoms with E-state index < -0.39 is 0 Å². The van der Waals surface area contributed by atoms with Crippen LogP contribution in [-0.2, 0) is 9.59 Å². The number of carbonyl (C=O) groups is 2. The molecule has 0 spiro atoms. The predicted molar refractivity (Wildman–Crippen MR) is 64.8 cm³/mol. The average molecular weight is 251 g/mol. The summed E-state index contributed by atoms with van der Waals surface area (Å²) < 4.78 is 4.92. The van der Waals surface area contributed by atoms with Crippen LogP contribution in [0.1, 0.15) is 26.0 Å². The molecule has 2 heterocycles. The van der Waals surface area contributed by atoms with Crippen molar-refractivity contribution in [2.24, 2.45) is 5.92 Å². The van der Waals surface area contributed by atoms with E-state index in [0.717, 1.165) is 0 Å². The van der Waals surface area contributed by atoms with Gasteiger partial charge in [0.05, 0.1) is 11.6 Å². The zero-order valence-electron chi connectivity index (χ0n) is 10.8. The van der Waals surface area contributed by atoms with Crippen molar-refractivity contribution in [1.29, 1.82) is 0 Å². The van der Waals surface area contributed by atoms with E-state index in [1.54, 1.807) is 17.9 Å². The van der Waals surface area contributed by atoms with Crippen molar-refractivity contribution >= 4 is 17.7 Å². The molecule has 98 valence electrons. The molecule has 0 aliphatic carbocycles. The molecule has 1 aromatic rings. The van der Waals surface area contributed by atoms with Crippen molar-refractivity contribution in [3.05, 3.63) is 11.8 Å². The number of aryl methyl sites for hydroxylation is 1. The summed E-state index contributed by atoms with van der Waals surface area (Å²) in [4.78, 5) is 25.4. The standard InChI is InChI=1S/C12H17N3O3/c1-7(2)15-6-9(5-11(15)16)12(17)13-10-4-8(3)14-18-10/h4,7,9H,5-6H2,1-3H3,(H,13,17). The second-order valence-electron chi connectivity index (χ2n) is 4.86. The molecular weight excluding hydrogens is 234 g/mol. The van der Waals surface area contributed by atoms with Gasteiger partial charge in [-0.05, 0) is 20.8 Å². The number of aromatic nitrogens is 1. The third kappa shape index (κ3) is 2.52. The van der Waals surface area contributed by atoms with Crippen LogP contribution in [0, 0.1) is 12.8 Å². The fourth-order valence-corrected chi connectivity index (χ4v) is 2.05. The number of carbonyl (C=O) groups excluding carboxylic acids is 2. The lowest BCUT2D eigenvalue weighted by Gasteiger charge is -2.20. The van der Waals surface area contributed by atoms with Gasteiger partial charge in [0.15, 0.2) is 0 Å². The highest BCUT2D eigenvalue weighted by Gasteiger charge is 2.35. The van der Waals surface area contributed by atoms with Crippen molar-refractivity contribution in [1.82, 2.24) is 10.1 Å².